The number of anilines is 1. The van der Waals surface area contributed by atoms with E-state index in [1.165, 1.54) is 43.1 Å². The van der Waals surface area contributed by atoms with Gasteiger partial charge in [-0.25, -0.2) is 15.0 Å². The molecule has 1 unspecified atom stereocenters. The summed E-state index contributed by atoms with van der Waals surface area (Å²) < 4.78 is 0. The minimum Gasteiger partial charge on any atom is -0.340 e. The normalized spacial score (nSPS) is 25.3. The van der Waals surface area contributed by atoms with Gasteiger partial charge in [-0.3, -0.25) is 4.90 Å². The van der Waals surface area contributed by atoms with Crippen LogP contribution in [0.1, 0.15) is 30.0 Å². The fraction of sp³-hybridized carbons (Fsp3) is 0.588. The van der Waals surface area contributed by atoms with Crippen molar-refractivity contribution in [2.45, 2.75) is 32.7 Å². The Balaban J connectivity index is 1.42. The molecule has 2 aromatic rings. The minimum absolute atomic E-state index is 0.405. The van der Waals surface area contributed by atoms with Crippen molar-refractivity contribution in [1.82, 2.24) is 19.9 Å². The Morgan fingerprint density at radius 1 is 1.17 bits per heavy atom. The molecule has 1 spiro atoms. The van der Waals surface area contributed by atoms with Gasteiger partial charge in [0.15, 0.2) is 0 Å². The summed E-state index contributed by atoms with van der Waals surface area (Å²) in [5.41, 5.74) is 1.63. The van der Waals surface area contributed by atoms with Crippen molar-refractivity contribution in [3.63, 3.8) is 0 Å². The first kappa shape index (κ1) is 15.0. The predicted octanol–water partition coefficient (Wildman–Crippen LogP) is 2.73. The van der Waals surface area contributed by atoms with E-state index < -0.39 is 0 Å². The number of hydrogen-bond acceptors (Lipinski definition) is 6. The standard InChI is InChI=1S/C17H23N5S/c1-14-20-15(11-23-14)10-21-9-5-17(12-21)4-2-8-22(13-17)16-18-6-3-7-19-16/h3,6-7,11H,2,4-5,8-10,12-13H2,1H3. The van der Waals surface area contributed by atoms with Gasteiger partial charge in [0, 0.05) is 49.4 Å². The van der Waals surface area contributed by atoms with Crippen LogP contribution < -0.4 is 4.90 Å². The van der Waals surface area contributed by atoms with Crippen LogP contribution in [-0.4, -0.2) is 46.0 Å². The van der Waals surface area contributed by atoms with E-state index in [1.807, 2.05) is 18.5 Å². The molecule has 2 saturated heterocycles. The molecular formula is C17H23N5S. The quantitative estimate of drug-likeness (QED) is 0.866. The largest absolute Gasteiger partial charge is 0.340 e. The maximum absolute atomic E-state index is 4.62. The van der Waals surface area contributed by atoms with Crippen molar-refractivity contribution in [3.05, 3.63) is 34.5 Å². The molecule has 0 aliphatic carbocycles. The zero-order valence-corrected chi connectivity index (χ0v) is 14.4. The lowest BCUT2D eigenvalue weighted by Crippen LogP contribution is -2.45. The molecule has 4 rings (SSSR count). The molecule has 0 N–H and O–H groups in total. The summed E-state index contributed by atoms with van der Waals surface area (Å²) in [7, 11) is 0. The molecule has 4 heterocycles. The lowest BCUT2D eigenvalue weighted by molar-refractivity contribution is 0.214. The Bertz CT molecular complexity index is 658. The van der Waals surface area contributed by atoms with Gasteiger partial charge in [0.05, 0.1) is 10.7 Å². The van der Waals surface area contributed by atoms with Gasteiger partial charge in [0.25, 0.3) is 0 Å². The zero-order valence-electron chi connectivity index (χ0n) is 13.6. The highest BCUT2D eigenvalue weighted by atomic mass is 32.1. The number of hydrogen-bond donors (Lipinski definition) is 0. The van der Waals surface area contributed by atoms with E-state index in [-0.39, 0.29) is 0 Å². The van der Waals surface area contributed by atoms with Crippen LogP contribution in [0.3, 0.4) is 0 Å². The lowest BCUT2D eigenvalue weighted by Gasteiger charge is -2.40. The molecule has 0 saturated carbocycles. The Kier molecular flexibility index (Phi) is 4.03. The number of piperidine rings is 1. The maximum atomic E-state index is 4.62. The van der Waals surface area contributed by atoms with E-state index in [4.69, 9.17) is 0 Å². The first-order valence-corrected chi connectivity index (χ1v) is 9.26. The van der Waals surface area contributed by atoms with Gasteiger partial charge in [-0.15, -0.1) is 11.3 Å². The van der Waals surface area contributed by atoms with Crippen LogP contribution >= 0.6 is 11.3 Å². The molecule has 2 aromatic heterocycles. The molecule has 2 fully saturated rings. The number of likely N-dealkylation sites (tertiary alicyclic amines) is 1. The highest BCUT2D eigenvalue weighted by Gasteiger charge is 2.41. The third kappa shape index (κ3) is 3.23. The van der Waals surface area contributed by atoms with Gasteiger partial charge >= 0.3 is 0 Å². The van der Waals surface area contributed by atoms with Crippen LogP contribution in [0.15, 0.2) is 23.8 Å². The van der Waals surface area contributed by atoms with Crippen LogP contribution in [-0.2, 0) is 6.54 Å². The Morgan fingerprint density at radius 3 is 2.83 bits per heavy atom. The second kappa shape index (κ2) is 6.17. The van der Waals surface area contributed by atoms with E-state index in [2.05, 4.69) is 37.1 Å². The first-order chi connectivity index (χ1) is 11.2. The van der Waals surface area contributed by atoms with E-state index in [0.29, 0.717) is 5.41 Å². The lowest BCUT2D eigenvalue weighted by atomic mass is 9.79. The molecule has 0 aromatic carbocycles. The second-order valence-electron chi connectivity index (χ2n) is 6.89. The summed E-state index contributed by atoms with van der Waals surface area (Å²) >= 11 is 1.75. The van der Waals surface area contributed by atoms with Crippen molar-refractivity contribution in [1.29, 1.82) is 0 Å². The smallest absolute Gasteiger partial charge is 0.225 e. The number of aryl methyl sites for hydroxylation is 1. The van der Waals surface area contributed by atoms with Gasteiger partial charge in [-0.1, -0.05) is 0 Å². The van der Waals surface area contributed by atoms with Crippen LogP contribution in [0.2, 0.25) is 0 Å². The van der Waals surface area contributed by atoms with Crippen molar-refractivity contribution < 1.29 is 0 Å². The Hall–Kier alpha value is -1.53. The topological polar surface area (TPSA) is 45.2 Å². The van der Waals surface area contributed by atoms with Crippen LogP contribution in [0.4, 0.5) is 5.95 Å². The molecule has 0 amide bonds. The highest BCUT2D eigenvalue weighted by Crippen LogP contribution is 2.40. The third-order valence-electron chi connectivity index (χ3n) is 5.07. The molecule has 6 heteroatoms. The van der Waals surface area contributed by atoms with E-state index in [9.17, 15) is 0 Å². The van der Waals surface area contributed by atoms with Crippen LogP contribution in [0.5, 0.6) is 0 Å². The predicted molar refractivity (Wildman–Crippen MR) is 92.7 cm³/mol. The molecule has 5 nitrogen and oxygen atoms in total. The summed E-state index contributed by atoms with van der Waals surface area (Å²) in [6, 6.07) is 1.89. The molecule has 2 aliphatic rings. The SMILES string of the molecule is Cc1nc(CN2CCC3(CCCN(c4ncccn4)C3)C2)cs1. The maximum Gasteiger partial charge on any atom is 0.225 e. The van der Waals surface area contributed by atoms with Gasteiger partial charge in [-0.05, 0) is 38.8 Å². The van der Waals surface area contributed by atoms with Gasteiger partial charge in [0.2, 0.25) is 5.95 Å². The number of nitrogens with zero attached hydrogens (tertiary/aromatic N) is 5. The first-order valence-electron chi connectivity index (χ1n) is 8.38. The van der Waals surface area contributed by atoms with Gasteiger partial charge in [0.1, 0.15) is 0 Å². The van der Waals surface area contributed by atoms with E-state index >= 15 is 0 Å². The van der Waals surface area contributed by atoms with Crippen molar-refractivity contribution >= 4 is 17.3 Å². The number of aromatic nitrogens is 3. The highest BCUT2D eigenvalue weighted by molar-refractivity contribution is 7.09. The average molecular weight is 329 g/mol. The molecular weight excluding hydrogens is 306 g/mol. The van der Waals surface area contributed by atoms with Crippen molar-refractivity contribution in [2.24, 2.45) is 5.41 Å². The number of thiazole rings is 1. The van der Waals surface area contributed by atoms with Gasteiger partial charge < -0.3 is 4.90 Å². The minimum atomic E-state index is 0.405. The Morgan fingerprint density at radius 2 is 2.04 bits per heavy atom. The van der Waals surface area contributed by atoms with Gasteiger partial charge in [-0.2, -0.15) is 0 Å². The third-order valence-corrected chi connectivity index (χ3v) is 5.89. The van der Waals surface area contributed by atoms with Crippen molar-refractivity contribution in [2.75, 3.05) is 31.1 Å². The van der Waals surface area contributed by atoms with E-state index in [0.717, 1.165) is 25.6 Å². The van der Waals surface area contributed by atoms with Crippen LogP contribution in [0.25, 0.3) is 0 Å². The summed E-state index contributed by atoms with van der Waals surface area (Å²) in [6.07, 6.45) is 7.52. The molecule has 122 valence electrons. The molecule has 23 heavy (non-hydrogen) atoms. The van der Waals surface area contributed by atoms with Crippen LogP contribution in [0, 0.1) is 12.3 Å². The summed E-state index contributed by atoms with van der Waals surface area (Å²) in [4.78, 5) is 18.4. The van der Waals surface area contributed by atoms with E-state index in [1.54, 1.807) is 11.3 Å². The summed E-state index contributed by atoms with van der Waals surface area (Å²) in [5, 5.41) is 3.37. The summed E-state index contributed by atoms with van der Waals surface area (Å²) in [6.45, 7) is 7.60. The van der Waals surface area contributed by atoms with Crippen molar-refractivity contribution in [3.8, 4) is 0 Å². The molecule has 1 atom stereocenters. The monoisotopic (exact) mass is 329 g/mol. The number of rotatable bonds is 3. The summed E-state index contributed by atoms with van der Waals surface area (Å²) in [5.74, 6) is 0.889. The molecule has 0 bridgehead atoms. The molecule has 0 radical (unpaired) electrons. The fourth-order valence-electron chi connectivity index (χ4n) is 4.04. The molecule has 2 aliphatic heterocycles. The second-order valence-corrected chi connectivity index (χ2v) is 7.95. The zero-order chi connectivity index (χ0) is 15.7. The fourth-order valence-corrected chi connectivity index (χ4v) is 4.64. The average Bonchev–Trinajstić information content (AvgIpc) is 3.15. The Labute approximate surface area is 141 Å².